The molecule has 0 bridgehead atoms. The lowest BCUT2D eigenvalue weighted by atomic mass is 9.87. The van der Waals surface area contributed by atoms with Crippen molar-refractivity contribution in [3.05, 3.63) is 29.8 Å². The second-order valence-electron chi connectivity index (χ2n) is 4.55. The van der Waals surface area contributed by atoms with E-state index >= 15 is 0 Å². The molecule has 0 aliphatic rings. The minimum atomic E-state index is -3.07. The van der Waals surface area contributed by atoms with E-state index in [1.54, 1.807) is 12.1 Å². The first kappa shape index (κ1) is 19.5. The van der Waals surface area contributed by atoms with Crippen LogP contribution < -0.4 is 0 Å². The number of benzene rings is 1. The van der Waals surface area contributed by atoms with Crippen LogP contribution in [0.2, 0.25) is 0 Å². The van der Waals surface area contributed by atoms with Gasteiger partial charge in [-0.05, 0) is 23.1 Å². The van der Waals surface area contributed by atoms with Crippen LogP contribution in [0.5, 0.6) is 0 Å². The van der Waals surface area contributed by atoms with Crippen molar-refractivity contribution in [2.45, 2.75) is 58.8 Å². The average molecular weight is 272 g/mol. The van der Waals surface area contributed by atoms with Crippen LogP contribution in [0.4, 0.5) is 0 Å². The van der Waals surface area contributed by atoms with Gasteiger partial charge in [0.05, 0.1) is 4.90 Å². The van der Waals surface area contributed by atoms with Crippen LogP contribution in [0, 0.1) is 0 Å². The Morgan fingerprint density at radius 1 is 0.833 bits per heavy atom. The quantitative estimate of drug-likeness (QED) is 0.757. The fourth-order valence-corrected chi connectivity index (χ4v) is 1.83. The third kappa shape index (κ3) is 6.80. The first-order chi connectivity index (χ1) is 8.21. The lowest BCUT2D eigenvalue weighted by Crippen LogP contribution is -2.11. The third-order valence-corrected chi connectivity index (χ3v) is 3.28. The van der Waals surface area contributed by atoms with E-state index in [9.17, 15) is 8.42 Å². The number of sulfone groups is 1. The Morgan fingerprint density at radius 3 is 1.39 bits per heavy atom. The van der Waals surface area contributed by atoms with Crippen molar-refractivity contribution >= 4 is 9.84 Å². The van der Waals surface area contributed by atoms with E-state index in [-0.39, 0.29) is 5.41 Å². The van der Waals surface area contributed by atoms with Crippen LogP contribution in [-0.2, 0) is 15.3 Å². The van der Waals surface area contributed by atoms with Crippen LogP contribution in [0.1, 0.15) is 54.0 Å². The van der Waals surface area contributed by atoms with Crippen LogP contribution in [0.25, 0.3) is 0 Å². The largest absolute Gasteiger partial charge is 0.224 e. The molecule has 1 rings (SSSR count). The predicted octanol–water partition coefficient (Wildman–Crippen LogP) is 4.44. The maximum Gasteiger partial charge on any atom is 0.175 e. The van der Waals surface area contributed by atoms with Crippen molar-refractivity contribution < 1.29 is 8.42 Å². The summed E-state index contributed by atoms with van der Waals surface area (Å²) in [4.78, 5) is 0.380. The molecule has 106 valence electrons. The van der Waals surface area contributed by atoms with Gasteiger partial charge in [0.15, 0.2) is 9.84 Å². The molecule has 0 saturated heterocycles. The molecule has 0 aromatic heterocycles. The summed E-state index contributed by atoms with van der Waals surface area (Å²) >= 11 is 0. The Morgan fingerprint density at radius 2 is 1.17 bits per heavy atom. The van der Waals surface area contributed by atoms with Gasteiger partial charge in [0.1, 0.15) is 0 Å². The summed E-state index contributed by atoms with van der Waals surface area (Å²) in [5.74, 6) is 0. The topological polar surface area (TPSA) is 34.1 Å². The van der Waals surface area contributed by atoms with Gasteiger partial charge < -0.3 is 0 Å². The highest BCUT2D eigenvalue weighted by Gasteiger charge is 2.14. The normalized spacial score (nSPS) is 10.7. The Balaban J connectivity index is 0. The summed E-state index contributed by atoms with van der Waals surface area (Å²) in [7, 11) is -3.07. The fraction of sp³-hybridized carbons (Fsp3) is 0.600. The van der Waals surface area contributed by atoms with Gasteiger partial charge in [-0.2, -0.15) is 0 Å². The third-order valence-electron chi connectivity index (χ3n) is 2.15. The van der Waals surface area contributed by atoms with Crippen molar-refractivity contribution in [3.8, 4) is 0 Å². The van der Waals surface area contributed by atoms with Crippen LogP contribution in [-0.4, -0.2) is 14.7 Å². The predicted molar refractivity (Wildman–Crippen MR) is 80.9 cm³/mol. The molecule has 0 radical (unpaired) electrons. The van der Waals surface area contributed by atoms with Crippen molar-refractivity contribution in [2.24, 2.45) is 0 Å². The summed E-state index contributed by atoms with van der Waals surface area (Å²) in [5, 5.41) is 0. The summed E-state index contributed by atoms with van der Waals surface area (Å²) in [6, 6.07) is 7.07. The fourth-order valence-electron chi connectivity index (χ4n) is 1.20. The van der Waals surface area contributed by atoms with Gasteiger partial charge in [-0.25, -0.2) is 8.42 Å². The minimum absolute atomic E-state index is 0.0655. The summed E-state index contributed by atoms with van der Waals surface area (Å²) in [6.45, 7) is 14.3. The van der Waals surface area contributed by atoms with E-state index < -0.39 is 9.84 Å². The molecule has 0 N–H and O–H groups in total. The van der Waals surface area contributed by atoms with E-state index in [1.165, 1.54) is 6.26 Å². The second-order valence-corrected chi connectivity index (χ2v) is 6.56. The number of rotatable bonds is 1. The summed E-state index contributed by atoms with van der Waals surface area (Å²) in [5.41, 5.74) is 1.21. The molecular weight excluding hydrogens is 244 g/mol. The molecule has 2 nitrogen and oxygen atoms in total. The molecule has 0 fully saturated rings. The lowest BCUT2D eigenvalue weighted by Gasteiger charge is -2.18. The SMILES string of the molecule is CC.CC.CC(C)(C)c1ccc(S(C)(=O)=O)cc1. The zero-order valence-electron chi connectivity index (χ0n) is 13.0. The highest BCUT2D eigenvalue weighted by molar-refractivity contribution is 7.90. The highest BCUT2D eigenvalue weighted by atomic mass is 32.2. The maximum atomic E-state index is 11.2. The van der Waals surface area contributed by atoms with E-state index in [1.807, 2.05) is 39.8 Å². The van der Waals surface area contributed by atoms with Gasteiger partial charge in [-0.1, -0.05) is 60.6 Å². The second kappa shape index (κ2) is 8.30. The average Bonchev–Trinajstić information content (AvgIpc) is 2.32. The lowest BCUT2D eigenvalue weighted by molar-refractivity contribution is 0.587. The highest BCUT2D eigenvalue weighted by Crippen LogP contribution is 2.23. The Kier molecular flexibility index (Phi) is 9.00. The van der Waals surface area contributed by atoms with Gasteiger partial charge in [0, 0.05) is 6.26 Å². The molecule has 0 spiro atoms. The van der Waals surface area contributed by atoms with Crippen LogP contribution >= 0.6 is 0 Å². The molecule has 18 heavy (non-hydrogen) atoms. The summed E-state index contributed by atoms with van der Waals surface area (Å²) in [6.07, 6.45) is 1.22. The smallest absolute Gasteiger partial charge is 0.175 e. The van der Waals surface area contributed by atoms with Gasteiger partial charge in [0.2, 0.25) is 0 Å². The Bertz CT molecular complexity index is 409. The molecule has 3 heteroatoms. The number of hydrogen-bond acceptors (Lipinski definition) is 2. The standard InChI is InChI=1S/C11H16O2S.2C2H6/c1-11(2,3)9-5-7-10(8-6-9)14(4,12)13;2*1-2/h5-8H,1-4H3;2*1-2H3. The van der Waals surface area contributed by atoms with E-state index in [2.05, 4.69) is 20.8 Å². The van der Waals surface area contributed by atoms with E-state index in [0.29, 0.717) is 4.90 Å². The molecule has 0 aliphatic heterocycles. The van der Waals surface area contributed by atoms with Gasteiger partial charge in [-0.15, -0.1) is 0 Å². The Labute approximate surface area is 113 Å². The van der Waals surface area contributed by atoms with Crippen LogP contribution in [0.3, 0.4) is 0 Å². The monoisotopic (exact) mass is 272 g/mol. The first-order valence-corrected chi connectivity index (χ1v) is 8.41. The molecule has 1 aromatic rings. The van der Waals surface area contributed by atoms with Gasteiger partial charge >= 0.3 is 0 Å². The van der Waals surface area contributed by atoms with Crippen molar-refractivity contribution in [3.63, 3.8) is 0 Å². The molecule has 0 amide bonds. The van der Waals surface area contributed by atoms with E-state index in [4.69, 9.17) is 0 Å². The molecule has 1 aromatic carbocycles. The van der Waals surface area contributed by atoms with Crippen molar-refractivity contribution in [2.75, 3.05) is 6.26 Å². The molecule has 0 heterocycles. The van der Waals surface area contributed by atoms with Crippen LogP contribution in [0.15, 0.2) is 29.2 Å². The number of hydrogen-bond donors (Lipinski definition) is 0. The molecule has 0 atom stereocenters. The zero-order chi connectivity index (χ0) is 15.0. The van der Waals surface area contributed by atoms with Crippen molar-refractivity contribution in [1.82, 2.24) is 0 Å². The molecule has 0 unspecified atom stereocenters. The minimum Gasteiger partial charge on any atom is -0.224 e. The molecular formula is C15H28O2S. The maximum absolute atomic E-state index is 11.2. The zero-order valence-corrected chi connectivity index (χ0v) is 13.9. The molecule has 0 saturated carbocycles. The first-order valence-electron chi connectivity index (χ1n) is 6.52. The molecule has 0 aliphatic carbocycles. The van der Waals surface area contributed by atoms with Crippen molar-refractivity contribution in [1.29, 1.82) is 0 Å². The summed E-state index contributed by atoms with van der Waals surface area (Å²) < 4.78 is 22.4. The van der Waals surface area contributed by atoms with Gasteiger partial charge in [-0.3, -0.25) is 0 Å². The Hall–Kier alpha value is -0.830. The van der Waals surface area contributed by atoms with Gasteiger partial charge in [0.25, 0.3) is 0 Å². The van der Waals surface area contributed by atoms with E-state index in [0.717, 1.165) is 5.56 Å².